The van der Waals surface area contributed by atoms with Crippen LogP contribution in [0.25, 0.3) is 0 Å². The van der Waals surface area contributed by atoms with Gasteiger partial charge in [-0.05, 0) is 44.9 Å². The van der Waals surface area contributed by atoms with E-state index in [1.807, 2.05) is 0 Å². The van der Waals surface area contributed by atoms with Gasteiger partial charge in [0.1, 0.15) is 0 Å². The maximum atomic E-state index is 11.6. The Balaban J connectivity index is 1.68. The second-order valence-corrected chi connectivity index (χ2v) is 6.57. The van der Waals surface area contributed by atoms with Crippen LogP contribution in [0.4, 0.5) is 0 Å². The first-order valence-corrected chi connectivity index (χ1v) is 9.05. The van der Waals surface area contributed by atoms with Gasteiger partial charge in [-0.25, -0.2) is 0 Å². The molecule has 0 spiro atoms. The maximum absolute atomic E-state index is 11.6. The highest BCUT2D eigenvalue weighted by Crippen LogP contribution is 2.28. The zero-order valence-corrected chi connectivity index (χ0v) is 14.6. The number of carbonyl (C=O) groups is 1. The van der Waals surface area contributed by atoms with Crippen molar-refractivity contribution in [3.63, 3.8) is 0 Å². The second kappa shape index (κ2) is 9.75. The first-order valence-electron chi connectivity index (χ1n) is 9.05. The van der Waals surface area contributed by atoms with Crippen LogP contribution in [-0.2, 0) is 9.53 Å². The Kier molecular flexibility index (Phi) is 7.65. The topological polar surface area (TPSA) is 66.0 Å². The van der Waals surface area contributed by atoms with Crippen molar-refractivity contribution in [3.05, 3.63) is 0 Å². The molecule has 6 heteroatoms. The van der Waals surface area contributed by atoms with Crippen LogP contribution < -0.4 is 10.6 Å². The minimum atomic E-state index is 0.193. The average Bonchev–Trinajstić information content (AvgIpc) is 3.41. The summed E-state index contributed by atoms with van der Waals surface area (Å²) in [7, 11) is 2.09. The lowest BCUT2D eigenvalue weighted by molar-refractivity contribution is -0.122. The van der Waals surface area contributed by atoms with Crippen molar-refractivity contribution in [1.29, 1.82) is 0 Å². The lowest BCUT2D eigenvalue weighted by Gasteiger charge is -2.26. The number of carbonyl (C=O) groups excluding carboxylic acids is 1. The lowest BCUT2D eigenvalue weighted by Crippen LogP contribution is -2.40. The number of rotatable bonds is 8. The third kappa shape index (κ3) is 6.77. The number of nitrogens with zero attached hydrogens (tertiary/aromatic N) is 2. The number of amides is 1. The Morgan fingerprint density at radius 2 is 1.96 bits per heavy atom. The molecule has 0 aromatic heterocycles. The van der Waals surface area contributed by atoms with Crippen molar-refractivity contribution in [2.75, 3.05) is 46.4 Å². The molecule has 23 heavy (non-hydrogen) atoms. The highest BCUT2D eigenvalue weighted by atomic mass is 16.5. The van der Waals surface area contributed by atoms with Crippen LogP contribution in [0, 0.1) is 11.8 Å². The van der Waals surface area contributed by atoms with Gasteiger partial charge in [0.2, 0.25) is 5.91 Å². The zero-order valence-electron chi connectivity index (χ0n) is 14.6. The van der Waals surface area contributed by atoms with Crippen LogP contribution >= 0.6 is 0 Å². The molecular formula is C17H32N4O2. The fourth-order valence-electron chi connectivity index (χ4n) is 2.82. The molecule has 1 heterocycles. The summed E-state index contributed by atoms with van der Waals surface area (Å²) in [5, 5.41) is 6.29. The Hall–Kier alpha value is -1.30. The fourth-order valence-corrected chi connectivity index (χ4v) is 2.82. The standard InChI is InChI=1S/C17H32N4O2/c1-3-18-17(20-10-9-19-16(22)15-4-5-15)21(2)11-6-14-7-12-23-13-8-14/h14-15H,3-13H2,1-2H3,(H,18,20)(H,19,22). The summed E-state index contributed by atoms with van der Waals surface area (Å²) in [4.78, 5) is 18.4. The lowest BCUT2D eigenvalue weighted by atomic mass is 9.96. The van der Waals surface area contributed by atoms with E-state index in [1.165, 1.54) is 19.3 Å². The molecule has 0 atom stereocenters. The van der Waals surface area contributed by atoms with E-state index >= 15 is 0 Å². The summed E-state index contributed by atoms with van der Waals surface area (Å²) in [6.45, 7) is 7.00. The number of guanidine groups is 1. The summed E-state index contributed by atoms with van der Waals surface area (Å²) in [6, 6.07) is 0. The summed E-state index contributed by atoms with van der Waals surface area (Å²) in [6.07, 6.45) is 5.63. The number of hydrogen-bond donors (Lipinski definition) is 2. The Bertz CT molecular complexity index is 390. The Labute approximate surface area is 140 Å². The molecule has 6 nitrogen and oxygen atoms in total. The quantitative estimate of drug-likeness (QED) is 0.400. The van der Waals surface area contributed by atoms with Gasteiger partial charge in [0.05, 0.1) is 6.54 Å². The molecule has 2 fully saturated rings. The van der Waals surface area contributed by atoms with E-state index in [0.29, 0.717) is 13.1 Å². The first kappa shape index (κ1) is 18.0. The minimum absolute atomic E-state index is 0.193. The number of hydrogen-bond acceptors (Lipinski definition) is 3. The van der Waals surface area contributed by atoms with Gasteiger partial charge in [-0.15, -0.1) is 0 Å². The fraction of sp³-hybridized carbons (Fsp3) is 0.882. The number of ether oxygens (including phenoxy) is 1. The zero-order chi connectivity index (χ0) is 16.5. The molecule has 2 aliphatic rings. The van der Waals surface area contributed by atoms with Gasteiger partial charge >= 0.3 is 0 Å². The van der Waals surface area contributed by atoms with Gasteiger partial charge in [0, 0.05) is 45.8 Å². The summed E-state index contributed by atoms with van der Waals surface area (Å²) >= 11 is 0. The molecule has 2 N–H and O–H groups in total. The highest BCUT2D eigenvalue weighted by Gasteiger charge is 2.28. The van der Waals surface area contributed by atoms with Crippen LogP contribution in [0.5, 0.6) is 0 Å². The molecule has 0 unspecified atom stereocenters. The van der Waals surface area contributed by atoms with Crippen LogP contribution in [0.3, 0.4) is 0 Å². The van der Waals surface area contributed by atoms with E-state index < -0.39 is 0 Å². The Morgan fingerprint density at radius 1 is 1.22 bits per heavy atom. The van der Waals surface area contributed by atoms with Crippen LogP contribution in [-0.4, -0.2) is 63.2 Å². The van der Waals surface area contributed by atoms with Crippen LogP contribution in [0.15, 0.2) is 4.99 Å². The summed E-state index contributed by atoms with van der Waals surface area (Å²) in [5.41, 5.74) is 0. The van der Waals surface area contributed by atoms with Crippen molar-refractivity contribution in [1.82, 2.24) is 15.5 Å². The SMILES string of the molecule is CCNC(=NCCNC(=O)C1CC1)N(C)CCC1CCOCC1. The molecule has 132 valence electrons. The number of aliphatic imine (C=N–C) groups is 1. The van der Waals surface area contributed by atoms with Gasteiger partial charge in [0.25, 0.3) is 0 Å². The van der Waals surface area contributed by atoms with Crippen molar-refractivity contribution in [2.45, 2.75) is 39.0 Å². The molecule has 0 bridgehead atoms. The Morgan fingerprint density at radius 3 is 2.61 bits per heavy atom. The van der Waals surface area contributed by atoms with Crippen LogP contribution in [0.1, 0.15) is 39.0 Å². The van der Waals surface area contributed by atoms with Gasteiger partial charge < -0.3 is 20.3 Å². The van der Waals surface area contributed by atoms with E-state index in [9.17, 15) is 4.79 Å². The third-order valence-electron chi connectivity index (χ3n) is 4.53. The van der Waals surface area contributed by atoms with E-state index in [-0.39, 0.29) is 11.8 Å². The van der Waals surface area contributed by atoms with E-state index in [4.69, 9.17) is 4.74 Å². The molecule has 1 aliphatic heterocycles. The normalized spacial score (nSPS) is 19.5. The van der Waals surface area contributed by atoms with Gasteiger partial charge in [-0.2, -0.15) is 0 Å². The maximum Gasteiger partial charge on any atom is 0.223 e. The van der Waals surface area contributed by atoms with E-state index in [0.717, 1.165) is 51.0 Å². The van der Waals surface area contributed by atoms with E-state index in [1.54, 1.807) is 0 Å². The number of nitrogens with one attached hydrogen (secondary N) is 2. The van der Waals surface area contributed by atoms with Gasteiger partial charge in [-0.1, -0.05) is 0 Å². The van der Waals surface area contributed by atoms with Crippen molar-refractivity contribution in [2.24, 2.45) is 16.8 Å². The molecule has 0 radical (unpaired) electrons. The van der Waals surface area contributed by atoms with E-state index in [2.05, 4.69) is 34.5 Å². The largest absolute Gasteiger partial charge is 0.381 e. The molecule has 1 saturated heterocycles. The molecule has 0 aromatic carbocycles. The van der Waals surface area contributed by atoms with Crippen molar-refractivity contribution >= 4 is 11.9 Å². The summed E-state index contributed by atoms with van der Waals surface area (Å²) in [5.74, 6) is 2.17. The molecule has 1 saturated carbocycles. The highest BCUT2D eigenvalue weighted by molar-refractivity contribution is 5.81. The van der Waals surface area contributed by atoms with Crippen molar-refractivity contribution in [3.8, 4) is 0 Å². The third-order valence-corrected chi connectivity index (χ3v) is 4.53. The predicted octanol–water partition coefficient (Wildman–Crippen LogP) is 1.23. The average molecular weight is 324 g/mol. The molecular weight excluding hydrogens is 292 g/mol. The van der Waals surface area contributed by atoms with Gasteiger partial charge in [0.15, 0.2) is 5.96 Å². The molecule has 1 amide bonds. The first-order chi connectivity index (χ1) is 11.2. The molecule has 0 aromatic rings. The van der Waals surface area contributed by atoms with Crippen LogP contribution in [0.2, 0.25) is 0 Å². The summed E-state index contributed by atoms with van der Waals surface area (Å²) < 4.78 is 5.41. The molecule has 2 rings (SSSR count). The second-order valence-electron chi connectivity index (χ2n) is 6.57. The van der Waals surface area contributed by atoms with Crippen molar-refractivity contribution < 1.29 is 9.53 Å². The monoisotopic (exact) mass is 324 g/mol. The predicted molar refractivity (Wildman–Crippen MR) is 92.5 cm³/mol. The smallest absolute Gasteiger partial charge is 0.223 e. The van der Waals surface area contributed by atoms with Gasteiger partial charge in [-0.3, -0.25) is 9.79 Å². The minimum Gasteiger partial charge on any atom is -0.381 e. The molecule has 1 aliphatic carbocycles.